The van der Waals surface area contributed by atoms with Crippen molar-refractivity contribution >= 4 is 49.2 Å². The average molecular weight is 527 g/mol. The number of carbonyl (C=O) groups excluding carboxylic acids is 1. The number of likely N-dealkylation sites (N-methyl/N-ethyl adjacent to an activating group) is 1. The third kappa shape index (κ3) is 3.83. The van der Waals surface area contributed by atoms with E-state index in [0.717, 1.165) is 51.9 Å². The van der Waals surface area contributed by atoms with Crippen LogP contribution in [0, 0.1) is 5.92 Å². The lowest BCUT2D eigenvalue weighted by molar-refractivity contribution is -0.123. The highest BCUT2D eigenvalue weighted by Crippen LogP contribution is 2.46. The maximum atomic E-state index is 12.3. The van der Waals surface area contributed by atoms with Gasteiger partial charge in [0.2, 0.25) is 0 Å². The number of nitrogens with zero attached hydrogens (tertiary/aromatic N) is 2. The molecule has 0 saturated carbocycles. The van der Waals surface area contributed by atoms with Crippen LogP contribution in [0.25, 0.3) is 0 Å². The van der Waals surface area contributed by atoms with Gasteiger partial charge in [-0.15, -0.1) is 0 Å². The quantitative estimate of drug-likeness (QED) is 0.497. The molecule has 6 heteroatoms. The molecule has 4 rings (SSSR count). The third-order valence-electron chi connectivity index (χ3n) is 6.27. The summed E-state index contributed by atoms with van der Waals surface area (Å²) in [5.74, 6) is 0.787. The molecule has 28 heavy (non-hydrogen) atoms. The largest absolute Gasteiger partial charge is 0.298 e. The molecule has 0 radical (unpaired) electrons. The topological polar surface area (TPSA) is 33.2 Å². The minimum absolute atomic E-state index is 0.0181. The van der Waals surface area contributed by atoms with Crippen LogP contribution in [-0.2, 0) is 17.6 Å². The Hall–Kier alpha value is -0.750. The molecule has 0 bridgehead atoms. The number of ketones is 1. The van der Waals surface area contributed by atoms with Gasteiger partial charge in [0.25, 0.3) is 0 Å². The van der Waals surface area contributed by atoms with Gasteiger partial charge in [-0.3, -0.25) is 14.7 Å². The molecule has 1 unspecified atom stereocenters. The van der Waals surface area contributed by atoms with Crippen molar-refractivity contribution in [1.29, 1.82) is 0 Å². The summed E-state index contributed by atoms with van der Waals surface area (Å²) in [7, 11) is 2.06. The predicted molar refractivity (Wildman–Crippen MR) is 120 cm³/mol. The summed E-state index contributed by atoms with van der Waals surface area (Å²) >= 11 is 13.8. The van der Waals surface area contributed by atoms with Crippen LogP contribution in [0.15, 0.2) is 33.3 Å². The highest BCUT2D eigenvalue weighted by atomic mass is 79.9. The summed E-state index contributed by atoms with van der Waals surface area (Å²) in [6, 6.07) is 6.28. The van der Waals surface area contributed by atoms with Crippen molar-refractivity contribution in [3.05, 3.63) is 60.7 Å². The normalized spacial score (nSPS) is 25.0. The molecular formula is C22H23Br2ClN2O. The number of fused-ring (bicyclic) bond motifs is 2. The Morgan fingerprint density at radius 3 is 2.71 bits per heavy atom. The molecule has 1 aliphatic carbocycles. The molecule has 1 aliphatic heterocycles. The van der Waals surface area contributed by atoms with Crippen LogP contribution in [0.1, 0.15) is 48.1 Å². The molecule has 0 amide bonds. The van der Waals surface area contributed by atoms with Crippen molar-refractivity contribution < 1.29 is 4.79 Å². The number of aromatic nitrogens is 1. The highest BCUT2D eigenvalue weighted by molar-refractivity contribution is 9.10. The number of carbonyl (C=O) groups is 1. The van der Waals surface area contributed by atoms with Crippen molar-refractivity contribution in [2.75, 3.05) is 13.6 Å². The Balaban J connectivity index is 1.86. The van der Waals surface area contributed by atoms with E-state index in [1.54, 1.807) is 6.92 Å². The van der Waals surface area contributed by atoms with E-state index in [1.807, 2.05) is 12.3 Å². The minimum atomic E-state index is -0.0181. The van der Waals surface area contributed by atoms with Crippen LogP contribution in [0.3, 0.4) is 0 Å². The van der Waals surface area contributed by atoms with Crippen LogP contribution in [0.2, 0.25) is 5.02 Å². The van der Waals surface area contributed by atoms with E-state index in [-0.39, 0.29) is 17.7 Å². The van der Waals surface area contributed by atoms with Gasteiger partial charge in [-0.25, -0.2) is 0 Å². The van der Waals surface area contributed by atoms with Crippen molar-refractivity contribution in [2.45, 2.75) is 44.6 Å². The first-order chi connectivity index (χ1) is 13.3. The molecule has 3 nitrogen and oxygen atoms in total. The molecule has 2 aliphatic rings. The van der Waals surface area contributed by atoms with Crippen LogP contribution in [0.4, 0.5) is 0 Å². The summed E-state index contributed by atoms with van der Waals surface area (Å²) < 4.78 is 2.06. The SMILES string of the molecule is CC(=O)[C@H]1CC([C@H]2c3ncc(Br)cc3CCc3cc(Cl)cc(Br)c32)CCN1C. The Morgan fingerprint density at radius 1 is 1.21 bits per heavy atom. The second kappa shape index (κ2) is 8.17. The van der Waals surface area contributed by atoms with Crippen LogP contribution in [0.5, 0.6) is 0 Å². The van der Waals surface area contributed by atoms with Gasteiger partial charge in [-0.1, -0.05) is 27.5 Å². The summed E-state index contributed by atoms with van der Waals surface area (Å²) in [6.07, 6.45) is 5.70. The lowest BCUT2D eigenvalue weighted by Gasteiger charge is -2.40. The molecule has 148 valence electrons. The van der Waals surface area contributed by atoms with Gasteiger partial charge < -0.3 is 0 Å². The first kappa shape index (κ1) is 20.5. The molecule has 1 aromatic carbocycles. The van der Waals surface area contributed by atoms with Gasteiger partial charge in [-0.05, 0) is 103 Å². The first-order valence-electron chi connectivity index (χ1n) is 9.68. The van der Waals surface area contributed by atoms with Crippen molar-refractivity contribution in [1.82, 2.24) is 9.88 Å². The number of Topliss-reactive ketones (excluding diaryl/α,β-unsaturated/α-hetero) is 1. The molecule has 1 aromatic heterocycles. The van der Waals surface area contributed by atoms with E-state index < -0.39 is 0 Å². The van der Waals surface area contributed by atoms with E-state index in [9.17, 15) is 4.79 Å². The Bertz CT molecular complexity index is 933. The fourth-order valence-corrected chi connectivity index (χ4v) is 6.42. The second-order valence-corrected chi connectivity index (χ2v) is 10.2. The maximum absolute atomic E-state index is 12.3. The van der Waals surface area contributed by atoms with Gasteiger partial charge in [0.15, 0.2) is 0 Å². The van der Waals surface area contributed by atoms with Crippen LogP contribution >= 0.6 is 43.5 Å². The molecule has 2 heterocycles. The summed E-state index contributed by atoms with van der Waals surface area (Å²) in [4.78, 5) is 19.3. The number of aryl methyl sites for hydroxylation is 2. The van der Waals surface area contributed by atoms with Crippen LogP contribution < -0.4 is 0 Å². The smallest absolute Gasteiger partial charge is 0.146 e. The third-order valence-corrected chi connectivity index (χ3v) is 7.58. The number of piperidine rings is 1. The molecular weight excluding hydrogens is 504 g/mol. The summed E-state index contributed by atoms with van der Waals surface area (Å²) in [6.45, 7) is 2.64. The van der Waals surface area contributed by atoms with Crippen molar-refractivity contribution in [3.8, 4) is 0 Å². The van der Waals surface area contributed by atoms with E-state index in [4.69, 9.17) is 16.6 Å². The zero-order valence-corrected chi connectivity index (χ0v) is 19.9. The Labute approximate surface area is 188 Å². The van der Waals surface area contributed by atoms with E-state index in [2.05, 4.69) is 55.9 Å². The number of hydrogen-bond donors (Lipinski definition) is 0. The predicted octanol–water partition coefficient (Wildman–Crippen LogP) is 5.79. The van der Waals surface area contributed by atoms with Crippen LogP contribution in [-0.4, -0.2) is 35.3 Å². The number of benzene rings is 1. The molecule has 0 N–H and O–H groups in total. The Kier molecular flexibility index (Phi) is 5.99. The number of halogens is 3. The number of hydrogen-bond acceptors (Lipinski definition) is 3. The van der Waals surface area contributed by atoms with Gasteiger partial charge in [0, 0.05) is 26.1 Å². The fraction of sp³-hybridized carbons (Fsp3) is 0.455. The average Bonchev–Trinajstić information content (AvgIpc) is 2.79. The molecule has 0 spiro atoms. The summed E-state index contributed by atoms with van der Waals surface area (Å²) in [5, 5.41) is 0.759. The van der Waals surface area contributed by atoms with E-state index in [1.165, 1.54) is 16.7 Å². The fourth-order valence-electron chi connectivity index (χ4n) is 4.92. The first-order valence-corrected chi connectivity index (χ1v) is 11.6. The highest BCUT2D eigenvalue weighted by Gasteiger charge is 2.38. The second-order valence-electron chi connectivity index (χ2n) is 8.03. The minimum Gasteiger partial charge on any atom is -0.298 e. The Morgan fingerprint density at radius 2 is 1.96 bits per heavy atom. The number of likely N-dealkylation sites (tertiary alicyclic amines) is 1. The zero-order chi connectivity index (χ0) is 20.0. The lowest BCUT2D eigenvalue weighted by Crippen LogP contribution is -2.45. The molecule has 2 aromatic rings. The zero-order valence-electron chi connectivity index (χ0n) is 16.0. The monoisotopic (exact) mass is 524 g/mol. The van der Waals surface area contributed by atoms with Gasteiger partial charge in [-0.2, -0.15) is 0 Å². The van der Waals surface area contributed by atoms with Gasteiger partial charge in [0.05, 0.1) is 11.7 Å². The van der Waals surface area contributed by atoms with E-state index in [0.29, 0.717) is 5.92 Å². The summed E-state index contributed by atoms with van der Waals surface area (Å²) in [5.41, 5.74) is 5.03. The standard InChI is InChI=1S/C22H23Br2ClN2O/c1-12(28)19-9-14(5-6-27(19)2)21-20-13(8-17(25)10-18(20)24)3-4-15-7-16(23)11-26-22(15)21/h7-8,10-11,14,19,21H,3-6,9H2,1-2H3/t14?,19-,21-/m1/s1. The number of pyridine rings is 1. The molecule has 1 saturated heterocycles. The maximum Gasteiger partial charge on any atom is 0.146 e. The van der Waals surface area contributed by atoms with Gasteiger partial charge >= 0.3 is 0 Å². The van der Waals surface area contributed by atoms with E-state index >= 15 is 0 Å². The van der Waals surface area contributed by atoms with Gasteiger partial charge in [0.1, 0.15) is 5.78 Å². The lowest BCUT2D eigenvalue weighted by atomic mass is 9.74. The molecule has 3 atom stereocenters. The van der Waals surface area contributed by atoms with Crippen molar-refractivity contribution in [3.63, 3.8) is 0 Å². The van der Waals surface area contributed by atoms with Crippen molar-refractivity contribution in [2.24, 2.45) is 5.92 Å². The number of rotatable bonds is 2. The molecule has 1 fully saturated rings.